The number of nitrogens with one attached hydrogen (secondary N) is 1. The van der Waals surface area contributed by atoms with Crippen LogP contribution in [0.4, 0.5) is 19.3 Å². The predicted molar refractivity (Wildman–Crippen MR) is 81.7 cm³/mol. The number of hydrogen-bond acceptors (Lipinski definition) is 3. The maximum absolute atomic E-state index is 13.6. The molecule has 0 aliphatic carbocycles. The molecule has 5 nitrogen and oxygen atoms in total. The zero-order valence-electron chi connectivity index (χ0n) is 12.4. The molecule has 0 aliphatic rings. The largest absolute Gasteiger partial charge is 0.396 e. The zero-order chi connectivity index (χ0) is 16.7. The van der Waals surface area contributed by atoms with E-state index in [2.05, 4.69) is 10.3 Å². The molecule has 1 aromatic heterocycles. The van der Waals surface area contributed by atoms with E-state index in [0.29, 0.717) is 19.0 Å². The summed E-state index contributed by atoms with van der Waals surface area (Å²) in [6.07, 6.45) is 3.61. The third kappa shape index (κ3) is 5.00. The molecule has 0 unspecified atom stereocenters. The summed E-state index contributed by atoms with van der Waals surface area (Å²) in [6.45, 7) is 0.523. The number of carbonyl (C=O) groups is 1. The van der Waals surface area contributed by atoms with Crippen LogP contribution >= 0.6 is 0 Å². The number of aromatic nitrogens is 1. The van der Waals surface area contributed by atoms with E-state index in [9.17, 15) is 13.6 Å². The van der Waals surface area contributed by atoms with E-state index in [4.69, 9.17) is 5.11 Å². The topological polar surface area (TPSA) is 65.5 Å². The summed E-state index contributed by atoms with van der Waals surface area (Å²) in [5.41, 5.74) is 0.757. The summed E-state index contributed by atoms with van der Waals surface area (Å²) in [5.74, 6) is -1.56. The van der Waals surface area contributed by atoms with Gasteiger partial charge in [0, 0.05) is 38.2 Å². The Morgan fingerprint density at radius 2 is 1.96 bits per heavy atom. The van der Waals surface area contributed by atoms with Crippen molar-refractivity contribution >= 4 is 11.7 Å². The summed E-state index contributed by atoms with van der Waals surface area (Å²) in [6, 6.07) is 5.94. The van der Waals surface area contributed by atoms with Crippen LogP contribution in [-0.4, -0.2) is 34.2 Å². The third-order valence-corrected chi connectivity index (χ3v) is 3.17. The molecular weight excluding hydrogens is 304 g/mol. The molecule has 0 atom stereocenters. The van der Waals surface area contributed by atoms with Crippen LogP contribution in [0.5, 0.6) is 0 Å². The first kappa shape index (κ1) is 16.8. The van der Waals surface area contributed by atoms with Gasteiger partial charge in [0.2, 0.25) is 0 Å². The van der Waals surface area contributed by atoms with Gasteiger partial charge in [-0.05, 0) is 36.2 Å². The highest BCUT2D eigenvalue weighted by molar-refractivity contribution is 5.89. The van der Waals surface area contributed by atoms with E-state index >= 15 is 0 Å². The quantitative estimate of drug-likeness (QED) is 0.860. The van der Waals surface area contributed by atoms with Crippen LogP contribution < -0.4 is 5.32 Å². The number of amides is 2. The average molecular weight is 321 g/mol. The van der Waals surface area contributed by atoms with Crippen molar-refractivity contribution in [2.24, 2.45) is 0 Å². The van der Waals surface area contributed by atoms with Gasteiger partial charge in [0.15, 0.2) is 0 Å². The van der Waals surface area contributed by atoms with E-state index in [1.54, 1.807) is 24.5 Å². The Balaban J connectivity index is 2.09. The normalized spacial score (nSPS) is 10.4. The molecule has 0 radical (unpaired) electrons. The lowest BCUT2D eigenvalue weighted by molar-refractivity contribution is 0.199. The minimum absolute atomic E-state index is 0.0644. The predicted octanol–water partition coefficient (Wildman–Crippen LogP) is 2.78. The standard InChI is InChI=1S/C16H17F2N3O2/c17-13-2-3-15(14(18)10-13)20-16(23)21(8-1-9-22)11-12-4-6-19-7-5-12/h2-7,10,22H,1,8-9,11H2,(H,20,23). The SMILES string of the molecule is O=C(Nc1ccc(F)cc1F)N(CCCO)Cc1ccncc1. The van der Waals surface area contributed by atoms with Gasteiger partial charge < -0.3 is 15.3 Å². The average Bonchev–Trinajstić information content (AvgIpc) is 2.55. The van der Waals surface area contributed by atoms with Crippen LogP contribution in [0.15, 0.2) is 42.7 Å². The van der Waals surface area contributed by atoms with Crippen molar-refractivity contribution in [2.45, 2.75) is 13.0 Å². The molecule has 1 aromatic carbocycles. The molecule has 7 heteroatoms. The van der Waals surface area contributed by atoms with Crippen LogP contribution in [0.1, 0.15) is 12.0 Å². The van der Waals surface area contributed by atoms with Crippen molar-refractivity contribution in [3.05, 3.63) is 59.9 Å². The van der Waals surface area contributed by atoms with E-state index < -0.39 is 17.7 Å². The van der Waals surface area contributed by atoms with E-state index in [1.807, 2.05) is 0 Å². The summed E-state index contributed by atoms with van der Waals surface area (Å²) < 4.78 is 26.5. The van der Waals surface area contributed by atoms with Crippen LogP contribution in [0, 0.1) is 11.6 Å². The monoisotopic (exact) mass is 321 g/mol. The minimum Gasteiger partial charge on any atom is -0.396 e. The van der Waals surface area contributed by atoms with Gasteiger partial charge in [0.05, 0.1) is 5.69 Å². The Labute approximate surface area is 132 Å². The smallest absolute Gasteiger partial charge is 0.322 e. The maximum atomic E-state index is 13.6. The molecule has 23 heavy (non-hydrogen) atoms. The first-order valence-electron chi connectivity index (χ1n) is 7.11. The number of pyridine rings is 1. The summed E-state index contributed by atoms with van der Waals surface area (Å²) in [7, 11) is 0. The van der Waals surface area contributed by atoms with Gasteiger partial charge in [-0.3, -0.25) is 4.98 Å². The van der Waals surface area contributed by atoms with Gasteiger partial charge in [-0.25, -0.2) is 13.6 Å². The van der Waals surface area contributed by atoms with Crippen molar-refractivity contribution in [1.29, 1.82) is 0 Å². The molecule has 0 bridgehead atoms. The molecule has 2 aromatic rings. The van der Waals surface area contributed by atoms with Gasteiger partial charge in [-0.1, -0.05) is 0 Å². The van der Waals surface area contributed by atoms with Crippen LogP contribution in [0.3, 0.4) is 0 Å². The van der Waals surface area contributed by atoms with Crippen molar-refractivity contribution in [2.75, 3.05) is 18.5 Å². The number of hydrogen-bond donors (Lipinski definition) is 2. The van der Waals surface area contributed by atoms with Crippen LogP contribution in [-0.2, 0) is 6.54 Å². The highest BCUT2D eigenvalue weighted by Crippen LogP contribution is 2.16. The van der Waals surface area contributed by atoms with Crippen LogP contribution in [0.25, 0.3) is 0 Å². The summed E-state index contributed by atoms with van der Waals surface area (Å²) in [4.78, 5) is 17.7. The number of aliphatic hydroxyl groups excluding tert-OH is 1. The van der Waals surface area contributed by atoms with Crippen molar-refractivity contribution in [1.82, 2.24) is 9.88 Å². The number of urea groups is 1. The molecular formula is C16H17F2N3O2. The third-order valence-electron chi connectivity index (χ3n) is 3.17. The Morgan fingerprint density at radius 3 is 2.61 bits per heavy atom. The number of benzene rings is 1. The molecule has 2 amide bonds. The summed E-state index contributed by atoms with van der Waals surface area (Å²) >= 11 is 0. The fourth-order valence-corrected chi connectivity index (χ4v) is 2.01. The highest BCUT2D eigenvalue weighted by atomic mass is 19.1. The number of anilines is 1. The van der Waals surface area contributed by atoms with Gasteiger partial charge in [0.1, 0.15) is 11.6 Å². The lowest BCUT2D eigenvalue weighted by atomic mass is 10.2. The van der Waals surface area contributed by atoms with Gasteiger partial charge >= 0.3 is 6.03 Å². The second kappa shape index (κ2) is 8.19. The molecule has 1 heterocycles. The Morgan fingerprint density at radius 1 is 1.22 bits per heavy atom. The highest BCUT2D eigenvalue weighted by Gasteiger charge is 2.16. The maximum Gasteiger partial charge on any atom is 0.322 e. The first-order chi connectivity index (χ1) is 11.1. The number of carbonyl (C=O) groups excluding carboxylic acids is 1. The Hall–Kier alpha value is -2.54. The molecule has 0 spiro atoms. The van der Waals surface area contributed by atoms with Crippen molar-refractivity contribution in [3.63, 3.8) is 0 Å². The van der Waals surface area contributed by atoms with E-state index in [0.717, 1.165) is 11.6 Å². The summed E-state index contributed by atoms with van der Waals surface area (Å²) in [5, 5.41) is 11.4. The number of aliphatic hydroxyl groups is 1. The fraction of sp³-hybridized carbons (Fsp3) is 0.250. The Kier molecular flexibility index (Phi) is 5.99. The van der Waals surface area contributed by atoms with Gasteiger partial charge in [0.25, 0.3) is 0 Å². The number of halogens is 2. The molecule has 0 saturated carbocycles. The minimum atomic E-state index is -0.843. The van der Waals surface area contributed by atoms with Crippen LogP contribution in [0.2, 0.25) is 0 Å². The molecule has 2 N–H and O–H groups in total. The van der Waals surface area contributed by atoms with Crippen molar-refractivity contribution < 1.29 is 18.7 Å². The molecule has 0 saturated heterocycles. The second-order valence-electron chi connectivity index (χ2n) is 4.91. The lowest BCUT2D eigenvalue weighted by Crippen LogP contribution is -2.35. The lowest BCUT2D eigenvalue weighted by Gasteiger charge is -2.23. The molecule has 2 rings (SSSR count). The molecule has 122 valence electrons. The molecule has 0 aliphatic heterocycles. The molecule has 0 fully saturated rings. The van der Waals surface area contributed by atoms with Crippen molar-refractivity contribution in [3.8, 4) is 0 Å². The van der Waals surface area contributed by atoms with Gasteiger partial charge in [-0.15, -0.1) is 0 Å². The zero-order valence-corrected chi connectivity index (χ0v) is 12.4. The number of rotatable bonds is 6. The number of nitrogens with zero attached hydrogens (tertiary/aromatic N) is 2. The fourth-order valence-electron chi connectivity index (χ4n) is 2.01. The first-order valence-corrected chi connectivity index (χ1v) is 7.11. The Bertz CT molecular complexity index is 653. The van der Waals surface area contributed by atoms with E-state index in [1.165, 1.54) is 11.0 Å². The van der Waals surface area contributed by atoms with E-state index in [-0.39, 0.29) is 18.8 Å². The second-order valence-corrected chi connectivity index (χ2v) is 4.91. The van der Waals surface area contributed by atoms with Gasteiger partial charge in [-0.2, -0.15) is 0 Å².